The summed E-state index contributed by atoms with van der Waals surface area (Å²) in [7, 11) is 2.19. The van der Waals surface area contributed by atoms with E-state index in [0.29, 0.717) is 6.04 Å². The fourth-order valence-electron chi connectivity index (χ4n) is 2.13. The molecule has 1 aromatic rings. The number of aryl methyl sites for hydroxylation is 1. The van der Waals surface area contributed by atoms with Crippen molar-refractivity contribution in [3.8, 4) is 0 Å². The second-order valence-electron chi connectivity index (χ2n) is 5.99. The molecule has 1 aliphatic heterocycles. The maximum atomic E-state index is 4.74. The number of aromatic nitrogens is 1. The van der Waals surface area contributed by atoms with Crippen molar-refractivity contribution >= 4 is 11.3 Å². The third-order valence-corrected chi connectivity index (χ3v) is 4.87. The number of likely N-dealkylation sites (N-methyl/N-ethyl adjacent to an activating group) is 1. The van der Waals surface area contributed by atoms with E-state index in [4.69, 9.17) is 4.98 Å². The van der Waals surface area contributed by atoms with Crippen LogP contribution in [0.1, 0.15) is 42.4 Å². The van der Waals surface area contributed by atoms with Crippen molar-refractivity contribution in [2.24, 2.45) is 0 Å². The highest BCUT2D eigenvalue weighted by Gasteiger charge is 2.26. The topological polar surface area (TPSA) is 28.2 Å². The summed E-state index contributed by atoms with van der Waals surface area (Å²) >= 11 is 1.87. The van der Waals surface area contributed by atoms with Gasteiger partial charge in [0.25, 0.3) is 0 Å². The van der Waals surface area contributed by atoms with Gasteiger partial charge in [0.05, 0.1) is 16.7 Å². The second kappa shape index (κ2) is 4.67. The van der Waals surface area contributed by atoms with Crippen molar-refractivity contribution in [3.63, 3.8) is 0 Å². The summed E-state index contributed by atoms with van der Waals surface area (Å²) in [6, 6.07) is 0.461. The van der Waals surface area contributed by atoms with E-state index in [1.165, 1.54) is 15.6 Å². The number of hydrogen-bond donors (Lipinski definition) is 1. The van der Waals surface area contributed by atoms with Gasteiger partial charge in [-0.3, -0.25) is 0 Å². The first-order valence-electron chi connectivity index (χ1n) is 6.27. The molecule has 0 spiro atoms. The standard InChI is InChI=1S/C13H23N3S/c1-9-11(10-8-16(5)7-6-14-10)17-12(15-9)13(2,3)4/h10,14H,6-8H2,1-5H3. The highest BCUT2D eigenvalue weighted by atomic mass is 32.1. The van der Waals surface area contributed by atoms with Crippen LogP contribution in [0.3, 0.4) is 0 Å². The van der Waals surface area contributed by atoms with Gasteiger partial charge in [-0.05, 0) is 14.0 Å². The molecule has 0 saturated carbocycles. The first-order chi connectivity index (χ1) is 7.88. The Morgan fingerprint density at radius 3 is 2.65 bits per heavy atom. The Labute approximate surface area is 108 Å². The molecule has 96 valence electrons. The highest BCUT2D eigenvalue weighted by Crippen LogP contribution is 2.33. The number of nitrogens with zero attached hydrogens (tertiary/aromatic N) is 2. The summed E-state index contributed by atoms with van der Waals surface area (Å²) in [5.41, 5.74) is 1.36. The van der Waals surface area contributed by atoms with E-state index in [0.717, 1.165) is 19.6 Å². The fraction of sp³-hybridized carbons (Fsp3) is 0.769. The van der Waals surface area contributed by atoms with E-state index in [9.17, 15) is 0 Å². The average molecular weight is 253 g/mol. The first-order valence-corrected chi connectivity index (χ1v) is 7.09. The SMILES string of the molecule is Cc1nc(C(C)(C)C)sc1C1CN(C)CCN1. The molecule has 1 atom stereocenters. The smallest absolute Gasteiger partial charge is 0.0985 e. The van der Waals surface area contributed by atoms with Gasteiger partial charge in [-0.1, -0.05) is 20.8 Å². The summed E-state index contributed by atoms with van der Waals surface area (Å²) in [6.07, 6.45) is 0. The summed E-state index contributed by atoms with van der Waals surface area (Å²) in [4.78, 5) is 8.55. The van der Waals surface area contributed by atoms with Crippen molar-refractivity contribution in [1.82, 2.24) is 15.2 Å². The Bertz CT molecular complexity index is 392. The van der Waals surface area contributed by atoms with Gasteiger partial charge < -0.3 is 10.2 Å². The molecule has 0 aromatic carbocycles. The molecule has 4 heteroatoms. The maximum Gasteiger partial charge on any atom is 0.0985 e. The Morgan fingerprint density at radius 1 is 1.41 bits per heavy atom. The molecule has 1 fully saturated rings. The quantitative estimate of drug-likeness (QED) is 0.832. The lowest BCUT2D eigenvalue weighted by Crippen LogP contribution is -2.43. The summed E-state index contributed by atoms with van der Waals surface area (Å²) in [5.74, 6) is 0. The van der Waals surface area contributed by atoms with Gasteiger partial charge in [-0.25, -0.2) is 4.98 Å². The molecule has 2 rings (SSSR count). The molecule has 1 aromatic heterocycles. The molecule has 1 unspecified atom stereocenters. The molecular formula is C13H23N3S. The number of nitrogens with one attached hydrogen (secondary N) is 1. The summed E-state index contributed by atoms with van der Waals surface area (Å²) in [6.45, 7) is 12.1. The van der Waals surface area contributed by atoms with Crippen LogP contribution in [-0.4, -0.2) is 36.6 Å². The summed E-state index contributed by atoms with van der Waals surface area (Å²) in [5, 5.41) is 4.85. The molecular weight excluding hydrogens is 230 g/mol. The zero-order chi connectivity index (χ0) is 12.6. The maximum absolute atomic E-state index is 4.74. The van der Waals surface area contributed by atoms with E-state index in [2.05, 4.69) is 45.0 Å². The molecule has 1 N–H and O–H groups in total. The van der Waals surface area contributed by atoms with E-state index in [1.54, 1.807) is 0 Å². The molecule has 0 aliphatic carbocycles. The van der Waals surface area contributed by atoms with Crippen LogP contribution in [0.4, 0.5) is 0 Å². The van der Waals surface area contributed by atoms with Crippen LogP contribution >= 0.6 is 11.3 Å². The monoisotopic (exact) mass is 253 g/mol. The van der Waals surface area contributed by atoms with Gasteiger partial charge in [-0.15, -0.1) is 11.3 Å². The second-order valence-corrected chi connectivity index (χ2v) is 7.02. The number of thiazole rings is 1. The van der Waals surface area contributed by atoms with E-state index in [-0.39, 0.29) is 5.41 Å². The van der Waals surface area contributed by atoms with Crippen LogP contribution in [0.5, 0.6) is 0 Å². The van der Waals surface area contributed by atoms with Crippen molar-refractivity contribution in [1.29, 1.82) is 0 Å². The Morgan fingerprint density at radius 2 is 2.12 bits per heavy atom. The van der Waals surface area contributed by atoms with Crippen LogP contribution in [0, 0.1) is 6.92 Å². The van der Waals surface area contributed by atoms with Gasteiger partial charge in [-0.2, -0.15) is 0 Å². The third kappa shape index (κ3) is 2.87. The molecule has 3 nitrogen and oxygen atoms in total. The fourth-order valence-corrected chi connectivity index (χ4v) is 3.32. The predicted molar refractivity (Wildman–Crippen MR) is 73.8 cm³/mol. The van der Waals surface area contributed by atoms with Gasteiger partial charge in [0, 0.05) is 29.9 Å². The number of piperazine rings is 1. The van der Waals surface area contributed by atoms with E-state index < -0.39 is 0 Å². The summed E-state index contributed by atoms with van der Waals surface area (Å²) < 4.78 is 0. The van der Waals surface area contributed by atoms with Gasteiger partial charge in [0.1, 0.15) is 0 Å². The molecule has 0 bridgehead atoms. The lowest BCUT2D eigenvalue weighted by atomic mass is 9.98. The Hall–Kier alpha value is -0.450. The average Bonchev–Trinajstić information content (AvgIpc) is 2.60. The van der Waals surface area contributed by atoms with E-state index >= 15 is 0 Å². The minimum absolute atomic E-state index is 0.161. The molecule has 2 heterocycles. The minimum atomic E-state index is 0.161. The van der Waals surface area contributed by atoms with Gasteiger partial charge >= 0.3 is 0 Å². The first kappa shape index (κ1) is 13.0. The Kier molecular flexibility index (Phi) is 3.57. The van der Waals surface area contributed by atoms with E-state index in [1.807, 2.05) is 11.3 Å². The Balaban J connectivity index is 2.23. The number of hydrogen-bond acceptors (Lipinski definition) is 4. The van der Waals surface area contributed by atoms with Crippen molar-refractivity contribution in [2.75, 3.05) is 26.7 Å². The third-order valence-electron chi connectivity index (χ3n) is 3.17. The highest BCUT2D eigenvalue weighted by molar-refractivity contribution is 7.12. The van der Waals surface area contributed by atoms with Crippen LogP contribution in [0.2, 0.25) is 0 Å². The largest absolute Gasteiger partial charge is 0.307 e. The normalized spacial score (nSPS) is 23.0. The van der Waals surface area contributed by atoms with Gasteiger partial charge in [0.15, 0.2) is 0 Å². The van der Waals surface area contributed by atoms with Crippen LogP contribution in [0.15, 0.2) is 0 Å². The molecule has 17 heavy (non-hydrogen) atoms. The van der Waals surface area contributed by atoms with Crippen molar-refractivity contribution in [2.45, 2.75) is 39.2 Å². The molecule has 0 radical (unpaired) electrons. The van der Waals surface area contributed by atoms with Gasteiger partial charge in [0.2, 0.25) is 0 Å². The molecule has 1 saturated heterocycles. The van der Waals surface area contributed by atoms with Crippen molar-refractivity contribution < 1.29 is 0 Å². The zero-order valence-electron chi connectivity index (χ0n) is 11.5. The van der Waals surface area contributed by atoms with Crippen molar-refractivity contribution in [3.05, 3.63) is 15.6 Å². The lowest BCUT2D eigenvalue weighted by Gasteiger charge is -2.30. The van der Waals surface area contributed by atoms with Crippen LogP contribution in [0.25, 0.3) is 0 Å². The molecule has 1 aliphatic rings. The lowest BCUT2D eigenvalue weighted by molar-refractivity contribution is 0.242. The van der Waals surface area contributed by atoms with Crippen LogP contribution in [-0.2, 0) is 5.41 Å². The molecule has 0 amide bonds. The minimum Gasteiger partial charge on any atom is -0.307 e. The number of rotatable bonds is 1. The predicted octanol–water partition coefficient (Wildman–Crippen LogP) is 2.33. The zero-order valence-corrected chi connectivity index (χ0v) is 12.3. The van der Waals surface area contributed by atoms with Crippen LogP contribution < -0.4 is 5.32 Å².